The molecule has 3 amide bonds. The molecule has 140 valence electrons. The van der Waals surface area contributed by atoms with Crippen molar-refractivity contribution in [2.45, 2.75) is 44.1 Å². The number of rotatable bonds is 5. The van der Waals surface area contributed by atoms with Gasteiger partial charge in [0.2, 0.25) is 5.91 Å². The quantitative estimate of drug-likeness (QED) is 0.763. The van der Waals surface area contributed by atoms with E-state index in [1.807, 2.05) is 35.9 Å². The van der Waals surface area contributed by atoms with Gasteiger partial charge in [0, 0.05) is 27.1 Å². The average molecular weight is 357 g/mol. The number of aryl methyl sites for hydroxylation is 1. The molecule has 1 aromatic heterocycles. The van der Waals surface area contributed by atoms with E-state index in [4.69, 9.17) is 0 Å². The average Bonchev–Trinajstić information content (AvgIpc) is 2.98. The Bertz CT molecular complexity index is 792. The van der Waals surface area contributed by atoms with E-state index in [1.165, 1.54) is 0 Å². The molecule has 1 heterocycles. The number of benzene rings is 1. The van der Waals surface area contributed by atoms with Gasteiger partial charge in [0.25, 0.3) is 0 Å². The third-order valence-electron chi connectivity index (χ3n) is 5.24. The lowest BCUT2D eigenvalue weighted by molar-refractivity contribution is -0.128. The largest absolute Gasteiger partial charge is 0.357 e. The van der Waals surface area contributed by atoms with E-state index in [-0.39, 0.29) is 11.9 Å². The lowest BCUT2D eigenvalue weighted by Gasteiger charge is -2.36. The van der Waals surface area contributed by atoms with E-state index >= 15 is 0 Å². The number of hydrogen-bond donors (Lipinski definition) is 3. The highest BCUT2D eigenvalue weighted by molar-refractivity contribution is 5.91. The van der Waals surface area contributed by atoms with Crippen LogP contribution >= 0.6 is 0 Å². The zero-order valence-electron chi connectivity index (χ0n) is 15.5. The highest BCUT2D eigenvalue weighted by Gasteiger charge is 2.40. The molecule has 1 fully saturated rings. The van der Waals surface area contributed by atoms with Gasteiger partial charge in [-0.1, -0.05) is 31.4 Å². The van der Waals surface area contributed by atoms with Crippen molar-refractivity contribution in [1.29, 1.82) is 0 Å². The highest BCUT2D eigenvalue weighted by Crippen LogP contribution is 2.28. The molecule has 7 heteroatoms. The molecule has 3 rings (SSSR count). The van der Waals surface area contributed by atoms with Gasteiger partial charge in [-0.3, -0.25) is 4.79 Å². The third kappa shape index (κ3) is 3.66. The zero-order valence-corrected chi connectivity index (χ0v) is 15.5. The Balaban J connectivity index is 1.57. The third-order valence-corrected chi connectivity index (χ3v) is 5.24. The monoisotopic (exact) mass is 357 g/mol. The van der Waals surface area contributed by atoms with Crippen molar-refractivity contribution in [1.82, 2.24) is 25.5 Å². The van der Waals surface area contributed by atoms with Crippen molar-refractivity contribution in [2.24, 2.45) is 7.05 Å². The number of nitrogens with zero attached hydrogens (tertiary/aromatic N) is 2. The second-order valence-electron chi connectivity index (χ2n) is 6.93. The molecule has 26 heavy (non-hydrogen) atoms. The van der Waals surface area contributed by atoms with Crippen molar-refractivity contribution in [3.63, 3.8) is 0 Å². The molecule has 1 aliphatic rings. The molecule has 7 nitrogen and oxygen atoms in total. The second-order valence-corrected chi connectivity index (χ2v) is 6.93. The first kappa shape index (κ1) is 18.2. The van der Waals surface area contributed by atoms with Gasteiger partial charge in [-0.15, -0.1) is 0 Å². The first-order chi connectivity index (χ1) is 12.6. The Labute approximate surface area is 153 Å². The number of likely N-dealkylation sites (N-methyl/N-ethyl adjacent to an activating group) is 1. The molecule has 1 saturated carbocycles. The molecule has 0 bridgehead atoms. The number of carbonyl (C=O) groups excluding carboxylic acids is 2. The minimum absolute atomic E-state index is 0.109. The molecule has 0 radical (unpaired) electrons. The maximum Gasteiger partial charge on any atom is 0.315 e. The van der Waals surface area contributed by atoms with Gasteiger partial charge >= 0.3 is 6.03 Å². The summed E-state index contributed by atoms with van der Waals surface area (Å²) < 4.78 is 2.04. The van der Waals surface area contributed by atoms with Crippen LogP contribution < -0.4 is 16.0 Å². The second kappa shape index (κ2) is 7.76. The van der Waals surface area contributed by atoms with E-state index in [0.29, 0.717) is 25.8 Å². The van der Waals surface area contributed by atoms with Crippen LogP contribution in [0.3, 0.4) is 0 Å². The normalized spacial score (nSPS) is 16.2. The van der Waals surface area contributed by atoms with Crippen LogP contribution in [0.1, 0.15) is 37.9 Å². The number of para-hydroxylation sites is 2. The van der Waals surface area contributed by atoms with Crippen molar-refractivity contribution in [2.75, 3.05) is 13.6 Å². The summed E-state index contributed by atoms with van der Waals surface area (Å²) in [6.45, 7) is 0.465. The first-order valence-corrected chi connectivity index (χ1v) is 9.24. The van der Waals surface area contributed by atoms with Gasteiger partial charge < -0.3 is 20.5 Å². The molecule has 1 aromatic carbocycles. The smallest absolute Gasteiger partial charge is 0.315 e. The van der Waals surface area contributed by atoms with Crippen LogP contribution in [0.5, 0.6) is 0 Å². The Morgan fingerprint density at radius 1 is 1.19 bits per heavy atom. The van der Waals surface area contributed by atoms with Gasteiger partial charge in [0.1, 0.15) is 11.4 Å². The fraction of sp³-hybridized carbons (Fsp3) is 0.526. The lowest BCUT2D eigenvalue weighted by Crippen LogP contribution is -2.61. The Kier molecular flexibility index (Phi) is 5.44. The Morgan fingerprint density at radius 2 is 1.92 bits per heavy atom. The van der Waals surface area contributed by atoms with Crippen molar-refractivity contribution in [3.8, 4) is 0 Å². The van der Waals surface area contributed by atoms with Gasteiger partial charge in [-0.2, -0.15) is 0 Å². The molecule has 0 unspecified atom stereocenters. The van der Waals surface area contributed by atoms with Crippen LogP contribution in [0.4, 0.5) is 4.79 Å². The van der Waals surface area contributed by atoms with Crippen molar-refractivity contribution in [3.05, 3.63) is 30.1 Å². The van der Waals surface area contributed by atoms with Crippen LogP contribution in [0, 0.1) is 0 Å². The van der Waals surface area contributed by atoms with Gasteiger partial charge in [-0.25, -0.2) is 9.78 Å². The minimum atomic E-state index is -0.783. The maximum absolute atomic E-state index is 12.4. The van der Waals surface area contributed by atoms with E-state index in [1.54, 1.807) is 7.05 Å². The molecule has 3 N–H and O–H groups in total. The van der Waals surface area contributed by atoms with Crippen molar-refractivity contribution >= 4 is 23.0 Å². The van der Waals surface area contributed by atoms with Crippen molar-refractivity contribution < 1.29 is 9.59 Å². The summed E-state index contributed by atoms with van der Waals surface area (Å²) >= 11 is 0. The summed E-state index contributed by atoms with van der Waals surface area (Å²) in [6.07, 6.45) is 5.01. The Morgan fingerprint density at radius 3 is 2.62 bits per heavy atom. The molecule has 0 spiro atoms. The summed E-state index contributed by atoms with van der Waals surface area (Å²) in [5.74, 6) is 0.813. The number of imidazole rings is 1. The molecule has 0 atom stereocenters. The predicted molar refractivity (Wildman–Crippen MR) is 101 cm³/mol. The summed E-state index contributed by atoms with van der Waals surface area (Å²) in [7, 11) is 3.59. The summed E-state index contributed by atoms with van der Waals surface area (Å²) in [6, 6.07) is 7.67. The predicted octanol–water partition coefficient (Wildman–Crippen LogP) is 1.86. The van der Waals surface area contributed by atoms with Crippen LogP contribution in [0.15, 0.2) is 24.3 Å². The fourth-order valence-electron chi connectivity index (χ4n) is 3.77. The number of aromatic nitrogens is 2. The van der Waals surface area contributed by atoms with E-state index in [2.05, 4.69) is 20.9 Å². The van der Waals surface area contributed by atoms with Gasteiger partial charge in [0.15, 0.2) is 0 Å². The maximum atomic E-state index is 12.4. The standard InChI is InChI=1S/C19H27N5O2/c1-20-17(25)19(11-6-3-7-12-19)23-18(26)21-13-10-16-22-14-8-4-5-9-15(14)24(16)2/h4-5,8-9H,3,6-7,10-13H2,1-2H3,(H,20,25)(H2,21,23,26). The summed E-state index contributed by atoms with van der Waals surface area (Å²) in [5.41, 5.74) is 1.25. The summed E-state index contributed by atoms with van der Waals surface area (Å²) in [5, 5.41) is 8.48. The molecular formula is C19H27N5O2. The number of hydrogen-bond acceptors (Lipinski definition) is 3. The SMILES string of the molecule is CNC(=O)C1(NC(=O)NCCc2nc3ccccc3n2C)CCCCC1. The topological polar surface area (TPSA) is 88.1 Å². The first-order valence-electron chi connectivity index (χ1n) is 9.24. The zero-order chi connectivity index (χ0) is 18.6. The minimum Gasteiger partial charge on any atom is -0.357 e. The molecular weight excluding hydrogens is 330 g/mol. The Hall–Kier alpha value is -2.57. The van der Waals surface area contributed by atoms with Crippen LogP contribution in [0.25, 0.3) is 11.0 Å². The van der Waals surface area contributed by atoms with E-state index in [0.717, 1.165) is 36.1 Å². The number of carbonyl (C=O) groups is 2. The number of urea groups is 1. The van der Waals surface area contributed by atoms with Gasteiger partial charge in [-0.05, 0) is 25.0 Å². The molecule has 2 aromatic rings. The summed E-state index contributed by atoms with van der Waals surface area (Å²) in [4.78, 5) is 29.3. The number of nitrogens with one attached hydrogen (secondary N) is 3. The van der Waals surface area contributed by atoms with Gasteiger partial charge in [0.05, 0.1) is 11.0 Å². The van der Waals surface area contributed by atoms with E-state index in [9.17, 15) is 9.59 Å². The highest BCUT2D eigenvalue weighted by atomic mass is 16.2. The van der Waals surface area contributed by atoms with Crippen LogP contribution in [0.2, 0.25) is 0 Å². The molecule has 0 saturated heterocycles. The van der Waals surface area contributed by atoms with Crippen LogP contribution in [-0.2, 0) is 18.3 Å². The van der Waals surface area contributed by atoms with E-state index < -0.39 is 5.54 Å². The number of fused-ring (bicyclic) bond motifs is 1. The number of amides is 3. The van der Waals surface area contributed by atoms with Crippen LogP contribution in [-0.4, -0.2) is 40.6 Å². The fourth-order valence-corrected chi connectivity index (χ4v) is 3.77. The molecule has 1 aliphatic carbocycles. The lowest BCUT2D eigenvalue weighted by atomic mass is 9.81. The molecule has 0 aliphatic heterocycles.